The van der Waals surface area contributed by atoms with Crippen LogP contribution >= 0.6 is 0 Å². The van der Waals surface area contributed by atoms with E-state index < -0.39 is 29.0 Å². The van der Waals surface area contributed by atoms with Crippen molar-refractivity contribution in [1.29, 1.82) is 0 Å². The molecule has 0 saturated carbocycles. The number of hydrogen-bond donors (Lipinski definition) is 1. The number of Topliss-reactive ketones (excluding diaryl/α,β-unsaturated/α-hetero) is 1. The number of benzene rings is 2. The number of rotatable bonds is 6. The van der Waals surface area contributed by atoms with Crippen LogP contribution < -0.4 is 10.1 Å². The summed E-state index contributed by atoms with van der Waals surface area (Å²) in [5.41, 5.74) is 0.719. The molecule has 0 aliphatic heterocycles. The molecule has 0 aliphatic carbocycles. The van der Waals surface area contributed by atoms with Gasteiger partial charge >= 0.3 is 0 Å². The number of carbonyl (C=O) groups excluding carboxylic acids is 2. The number of halogens is 3. The molecule has 2 rings (SSSR count). The quantitative estimate of drug-likeness (QED) is 0.632. The van der Waals surface area contributed by atoms with Crippen LogP contribution in [0.1, 0.15) is 28.8 Å². The van der Waals surface area contributed by atoms with Crippen LogP contribution in [0, 0.1) is 24.4 Å². The van der Waals surface area contributed by atoms with Crippen molar-refractivity contribution >= 4 is 17.4 Å². The first-order valence-corrected chi connectivity index (χ1v) is 7.44. The fourth-order valence-electron chi connectivity index (χ4n) is 2.24. The maximum absolute atomic E-state index is 13.5. The van der Waals surface area contributed by atoms with Crippen molar-refractivity contribution in [2.45, 2.75) is 19.8 Å². The summed E-state index contributed by atoms with van der Waals surface area (Å²) in [6, 6.07) is 6.70. The van der Waals surface area contributed by atoms with E-state index in [1.54, 1.807) is 18.2 Å². The summed E-state index contributed by atoms with van der Waals surface area (Å²) in [4.78, 5) is 24.1. The molecule has 2 aromatic carbocycles. The van der Waals surface area contributed by atoms with E-state index in [-0.39, 0.29) is 18.6 Å². The number of hydrogen-bond acceptors (Lipinski definition) is 3. The standard InChI is InChI=1S/C18H16F3NO3/c1-10-3-7-15(25-2)11(9-10)14(23)6-8-16(24)22-13-5-4-12(19)17(20)18(13)21/h3-5,7,9H,6,8H2,1-2H3,(H,22,24). The number of methoxy groups -OCH3 is 1. The fraction of sp³-hybridized carbons (Fsp3) is 0.222. The Kier molecular flexibility index (Phi) is 5.80. The van der Waals surface area contributed by atoms with E-state index in [1.807, 2.05) is 6.92 Å². The normalized spacial score (nSPS) is 10.4. The predicted molar refractivity (Wildman–Crippen MR) is 86.2 cm³/mol. The van der Waals surface area contributed by atoms with Gasteiger partial charge in [-0.15, -0.1) is 0 Å². The molecule has 2 aromatic rings. The van der Waals surface area contributed by atoms with Crippen molar-refractivity contribution in [3.05, 3.63) is 58.9 Å². The molecular formula is C18H16F3NO3. The Bertz CT molecular complexity index is 821. The summed E-state index contributed by atoms with van der Waals surface area (Å²) in [5.74, 6) is -5.12. The SMILES string of the molecule is COc1ccc(C)cc1C(=O)CCC(=O)Nc1ccc(F)c(F)c1F. The minimum atomic E-state index is -1.67. The zero-order valence-corrected chi connectivity index (χ0v) is 13.7. The lowest BCUT2D eigenvalue weighted by atomic mass is 10.0. The monoisotopic (exact) mass is 351 g/mol. The molecule has 0 aliphatic rings. The summed E-state index contributed by atoms with van der Waals surface area (Å²) < 4.78 is 44.6. The number of amides is 1. The van der Waals surface area contributed by atoms with Crippen molar-refractivity contribution in [2.24, 2.45) is 0 Å². The Morgan fingerprint density at radius 1 is 1.04 bits per heavy atom. The summed E-state index contributed by atoms with van der Waals surface area (Å²) in [7, 11) is 1.43. The summed E-state index contributed by atoms with van der Waals surface area (Å²) in [6.45, 7) is 1.81. The average molecular weight is 351 g/mol. The van der Waals surface area contributed by atoms with Gasteiger partial charge in [-0.3, -0.25) is 9.59 Å². The van der Waals surface area contributed by atoms with E-state index in [2.05, 4.69) is 5.32 Å². The van der Waals surface area contributed by atoms with Crippen molar-refractivity contribution < 1.29 is 27.5 Å². The molecule has 25 heavy (non-hydrogen) atoms. The second-order valence-electron chi connectivity index (χ2n) is 5.40. The third-order valence-corrected chi connectivity index (χ3v) is 3.54. The Hall–Kier alpha value is -2.83. The van der Waals surface area contributed by atoms with Crippen LogP contribution in [-0.4, -0.2) is 18.8 Å². The molecule has 0 bridgehead atoms. The Balaban J connectivity index is 2.02. The van der Waals surface area contributed by atoms with Crippen LogP contribution in [0.3, 0.4) is 0 Å². The van der Waals surface area contributed by atoms with Crippen LogP contribution in [0.2, 0.25) is 0 Å². The number of ether oxygens (including phenoxy) is 1. The molecule has 7 heteroatoms. The van der Waals surface area contributed by atoms with Gasteiger partial charge in [0.25, 0.3) is 0 Å². The first kappa shape index (κ1) is 18.5. The molecule has 0 fully saturated rings. The minimum Gasteiger partial charge on any atom is -0.496 e. The van der Waals surface area contributed by atoms with Gasteiger partial charge in [-0.25, -0.2) is 13.2 Å². The van der Waals surface area contributed by atoms with Crippen molar-refractivity contribution in [3.63, 3.8) is 0 Å². The van der Waals surface area contributed by atoms with Crippen LogP contribution in [0.4, 0.5) is 18.9 Å². The third-order valence-electron chi connectivity index (χ3n) is 3.54. The van der Waals surface area contributed by atoms with E-state index in [0.29, 0.717) is 17.4 Å². The van der Waals surface area contributed by atoms with Crippen LogP contribution in [-0.2, 0) is 4.79 Å². The second kappa shape index (κ2) is 7.83. The number of carbonyl (C=O) groups is 2. The smallest absolute Gasteiger partial charge is 0.224 e. The van der Waals surface area contributed by atoms with Crippen molar-refractivity contribution in [2.75, 3.05) is 12.4 Å². The van der Waals surface area contributed by atoms with Crippen molar-refractivity contribution in [1.82, 2.24) is 0 Å². The first-order chi connectivity index (χ1) is 11.8. The van der Waals surface area contributed by atoms with E-state index >= 15 is 0 Å². The third kappa shape index (κ3) is 4.37. The molecular weight excluding hydrogens is 335 g/mol. The maximum atomic E-state index is 13.5. The number of anilines is 1. The predicted octanol–water partition coefficient (Wildman–Crippen LogP) is 4.02. The lowest BCUT2D eigenvalue weighted by Gasteiger charge is -2.09. The topological polar surface area (TPSA) is 55.4 Å². The molecule has 4 nitrogen and oxygen atoms in total. The molecule has 0 heterocycles. The van der Waals surface area contributed by atoms with Gasteiger partial charge in [-0.1, -0.05) is 11.6 Å². The zero-order valence-electron chi connectivity index (χ0n) is 13.7. The van der Waals surface area contributed by atoms with E-state index in [9.17, 15) is 22.8 Å². The van der Waals surface area contributed by atoms with Gasteiger partial charge in [0, 0.05) is 12.8 Å². The van der Waals surface area contributed by atoms with E-state index in [1.165, 1.54) is 7.11 Å². The molecule has 1 N–H and O–H groups in total. The summed E-state index contributed by atoms with van der Waals surface area (Å²) in [5, 5.41) is 2.12. The van der Waals surface area contributed by atoms with Crippen LogP contribution in [0.5, 0.6) is 5.75 Å². The lowest BCUT2D eigenvalue weighted by molar-refractivity contribution is -0.116. The Morgan fingerprint density at radius 3 is 2.44 bits per heavy atom. The Labute approximate surface area is 142 Å². The lowest BCUT2D eigenvalue weighted by Crippen LogP contribution is -2.15. The second-order valence-corrected chi connectivity index (χ2v) is 5.40. The van der Waals surface area contributed by atoms with Gasteiger partial charge in [0.05, 0.1) is 18.4 Å². The summed E-state index contributed by atoms with van der Waals surface area (Å²) >= 11 is 0. The largest absolute Gasteiger partial charge is 0.496 e. The van der Waals surface area contributed by atoms with Gasteiger partial charge < -0.3 is 10.1 Å². The molecule has 1 amide bonds. The first-order valence-electron chi connectivity index (χ1n) is 7.44. The molecule has 0 unspecified atom stereocenters. The van der Waals surface area contributed by atoms with Crippen LogP contribution in [0.25, 0.3) is 0 Å². The molecule has 132 valence electrons. The highest BCUT2D eigenvalue weighted by molar-refractivity contribution is 6.01. The van der Waals surface area contributed by atoms with Gasteiger partial charge in [0.2, 0.25) is 5.91 Å². The molecule has 0 radical (unpaired) electrons. The maximum Gasteiger partial charge on any atom is 0.224 e. The van der Waals surface area contributed by atoms with Crippen LogP contribution in [0.15, 0.2) is 30.3 Å². The van der Waals surface area contributed by atoms with Gasteiger partial charge in [0.15, 0.2) is 23.2 Å². The highest BCUT2D eigenvalue weighted by Crippen LogP contribution is 2.23. The van der Waals surface area contributed by atoms with E-state index in [0.717, 1.165) is 11.6 Å². The highest BCUT2D eigenvalue weighted by atomic mass is 19.2. The number of aryl methyl sites for hydroxylation is 1. The molecule has 0 spiro atoms. The average Bonchev–Trinajstić information content (AvgIpc) is 2.60. The number of ketones is 1. The Morgan fingerprint density at radius 2 is 1.76 bits per heavy atom. The minimum absolute atomic E-state index is 0.142. The fourth-order valence-corrected chi connectivity index (χ4v) is 2.24. The van der Waals surface area contributed by atoms with Gasteiger partial charge in [0.1, 0.15) is 5.75 Å². The molecule has 0 atom stereocenters. The molecule has 0 aromatic heterocycles. The van der Waals surface area contributed by atoms with Crippen molar-refractivity contribution in [3.8, 4) is 5.75 Å². The number of nitrogens with one attached hydrogen (secondary N) is 1. The zero-order chi connectivity index (χ0) is 18.6. The van der Waals surface area contributed by atoms with Gasteiger partial charge in [-0.05, 0) is 31.2 Å². The van der Waals surface area contributed by atoms with Gasteiger partial charge in [-0.2, -0.15) is 0 Å². The summed E-state index contributed by atoms with van der Waals surface area (Å²) in [6.07, 6.45) is -0.384. The molecule has 0 saturated heterocycles. The van der Waals surface area contributed by atoms with E-state index in [4.69, 9.17) is 4.74 Å². The highest BCUT2D eigenvalue weighted by Gasteiger charge is 2.17.